The first-order valence-corrected chi connectivity index (χ1v) is 10.3. The van der Waals surface area contributed by atoms with Crippen LogP contribution in [0.1, 0.15) is 16.1 Å². The van der Waals surface area contributed by atoms with Crippen molar-refractivity contribution in [1.82, 2.24) is 19.3 Å². The van der Waals surface area contributed by atoms with Crippen molar-refractivity contribution in [3.05, 3.63) is 52.5 Å². The second-order valence-corrected chi connectivity index (χ2v) is 8.06. The number of benzene rings is 1. The highest BCUT2D eigenvalue weighted by atomic mass is 32.2. The molecule has 2 N–H and O–H groups in total. The molecule has 0 amide bonds. The van der Waals surface area contributed by atoms with Crippen LogP contribution in [0.2, 0.25) is 0 Å². The number of ketones is 1. The average Bonchev–Trinajstić information content (AvgIpc) is 3.17. The number of nitrogens with zero attached hydrogens (tertiary/aromatic N) is 2. The molecular formula is C16H19N4O3S2. The molecule has 0 saturated carbocycles. The van der Waals surface area contributed by atoms with Crippen LogP contribution in [0.3, 0.4) is 0 Å². The minimum absolute atomic E-state index is 0.231. The lowest BCUT2D eigenvalue weighted by Crippen LogP contribution is -2.54. The summed E-state index contributed by atoms with van der Waals surface area (Å²) in [4.78, 5) is 16.6. The van der Waals surface area contributed by atoms with Crippen molar-refractivity contribution < 1.29 is 13.2 Å². The first kappa shape index (κ1) is 18.2. The van der Waals surface area contributed by atoms with Crippen LogP contribution in [0.15, 0.2) is 35.7 Å². The van der Waals surface area contributed by atoms with Crippen LogP contribution in [0.5, 0.6) is 0 Å². The van der Waals surface area contributed by atoms with Gasteiger partial charge < -0.3 is 5.32 Å². The summed E-state index contributed by atoms with van der Waals surface area (Å²) >= 11 is 1.18. The number of hydrogen-bond donors (Lipinski definition) is 2. The molecule has 1 atom stereocenters. The lowest BCUT2D eigenvalue weighted by atomic mass is 10.0. The number of aromatic nitrogens is 1. The third-order valence-corrected chi connectivity index (χ3v) is 6.11. The van der Waals surface area contributed by atoms with E-state index in [0.29, 0.717) is 26.2 Å². The molecule has 1 aliphatic heterocycles. The average molecular weight is 379 g/mol. The zero-order valence-corrected chi connectivity index (χ0v) is 15.1. The first-order valence-electron chi connectivity index (χ1n) is 7.94. The Kier molecular flexibility index (Phi) is 5.92. The molecule has 7 nitrogen and oxygen atoms in total. The van der Waals surface area contributed by atoms with Gasteiger partial charge in [-0.3, -0.25) is 4.79 Å². The van der Waals surface area contributed by atoms with Crippen LogP contribution >= 0.6 is 11.3 Å². The van der Waals surface area contributed by atoms with Gasteiger partial charge in [0, 0.05) is 31.6 Å². The number of carbonyl (C=O) groups excluding carboxylic acids is 1. The van der Waals surface area contributed by atoms with E-state index >= 15 is 0 Å². The molecule has 1 aromatic heterocycles. The Bertz CT molecular complexity index is 788. The molecule has 1 radical (unpaired) electrons. The van der Waals surface area contributed by atoms with Crippen LogP contribution in [-0.2, 0) is 16.6 Å². The maximum absolute atomic E-state index is 12.7. The number of piperazine rings is 1. The summed E-state index contributed by atoms with van der Waals surface area (Å²) in [5, 5.41) is 4.69. The van der Waals surface area contributed by atoms with Gasteiger partial charge in [-0.15, -0.1) is 11.3 Å². The number of nitrogens with one attached hydrogen (secondary N) is 2. The summed E-state index contributed by atoms with van der Waals surface area (Å²) in [7, 11) is -3.75. The first-order chi connectivity index (χ1) is 12.1. The summed E-state index contributed by atoms with van der Waals surface area (Å²) in [6.07, 6.45) is 0.266. The van der Waals surface area contributed by atoms with E-state index in [4.69, 9.17) is 0 Å². The van der Waals surface area contributed by atoms with Gasteiger partial charge in [-0.2, -0.15) is 17.4 Å². The van der Waals surface area contributed by atoms with E-state index in [0.717, 1.165) is 5.56 Å². The second kappa shape index (κ2) is 8.15. The predicted octanol–water partition coefficient (Wildman–Crippen LogP) is 0.477. The number of thiazole rings is 1. The third-order valence-electron chi connectivity index (χ3n) is 3.95. The van der Waals surface area contributed by atoms with E-state index in [1.807, 2.05) is 30.3 Å². The molecule has 0 bridgehead atoms. The van der Waals surface area contributed by atoms with E-state index in [-0.39, 0.29) is 17.9 Å². The molecule has 2 heterocycles. The summed E-state index contributed by atoms with van der Waals surface area (Å²) in [5.41, 5.74) is 3.74. The quantitative estimate of drug-likeness (QED) is 0.683. The Morgan fingerprint density at radius 2 is 2.04 bits per heavy atom. The molecule has 0 aliphatic carbocycles. The lowest BCUT2D eigenvalue weighted by molar-refractivity contribution is 0.0947. The van der Waals surface area contributed by atoms with Crippen LogP contribution in [0.4, 0.5) is 0 Å². The Labute approximate surface area is 151 Å². The van der Waals surface area contributed by atoms with E-state index in [9.17, 15) is 13.2 Å². The monoisotopic (exact) mass is 379 g/mol. The van der Waals surface area contributed by atoms with Crippen LogP contribution in [-0.4, -0.2) is 55.7 Å². The van der Waals surface area contributed by atoms with Gasteiger partial charge >= 0.3 is 0 Å². The molecule has 1 aliphatic rings. The standard InChI is InChI=1S/C16H19N4O3S2/c21-16(15-11-24-12-18-15)14(10-13-4-2-1-3-5-13)19-25(22,23)20-8-6-17-7-9-20/h1-5,11,14,17,19H,6-10H2/t14-/m0/s1. The molecule has 1 aromatic carbocycles. The highest BCUT2D eigenvalue weighted by Crippen LogP contribution is 2.12. The van der Waals surface area contributed by atoms with E-state index < -0.39 is 16.3 Å². The van der Waals surface area contributed by atoms with Crippen LogP contribution < -0.4 is 10.0 Å². The predicted molar refractivity (Wildman–Crippen MR) is 95.7 cm³/mol. The molecule has 0 spiro atoms. The molecule has 9 heteroatoms. The zero-order chi connectivity index (χ0) is 17.7. The van der Waals surface area contributed by atoms with Crippen molar-refractivity contribution in [2.45, 2.75) is 12.5 Å². The topological polar surface area (TPSA) is 91.4 Å². The summed E-state index contributed by atoms with van der Waals surface area (Å²) in [6.45, 7) is 1.95. The van der Waals surface area contributed by atoms with Crippen molar-refractivity contribution >= 4 is 27.3 Å². The van der Waals surface area contributed by atoms with Crippen LogP contribution in [0, 0.1) is 5.51 Å². The SMILES string of the molecule is O=C(c1cs[c]n1)[C@H](Cc1ccccc1)NS(=O)(=O)N1CCNCC1. The lowest BCUT2D eigenvalue weighted by Gasteiger charge is -2.28. The van der Waals surface area contributed by atoms with Crippen LogP contribution in [0.25, 0.3) is 0 Å². The molecular weight excluding hydrogens is 360 g/mol. The van der Waals surface area contributed by atoms with Crippen molar-refractivity contribution in [3.8, 4) is 0 Å². The van der Waals surface area contributed by atoms with Gasteiger partial charge in [-0.05, 0) is 12.0 Å². The number of rotatable bonds is 7. The van der Waals surface area contributed by atoms with Gasteiger partial charge in [-0.1, -0.05) is 30.3 Å². The molecule has 0 unspecified atom stereocenters. The van der Waals surface area contributed by atoms with E-state index in [1.165, 1.54) is 15.6 Å². The Hall–Kier alpha value is -1.65. The number of hydrogen-bond acceptors (Lipinski definition) is 6. The van der Waals surface area contributed by atoms with Crippen molar-refractivity contribution in [2.24, 2.45) is 0 Å². The fourth-order valence-corrected chi connectivity index (χ4v) is 4.50. The molecule has 2 aromatic rings. The minimum atomic E-state index is -3.75. The Morgan fingerprint density at radius 1 is 1.32 bits per heavy atom. The summed E-state index contributed by atoms with van der Waals surface area (Å²) in [5.74, 6) is -0.347. The normalized spacial score (nSPS) is 17.3. The second-order valence-electron chi connectivity index (χ2n) is 5.70. The van der Waals surface area contributed by atoms with Crippen molar-refractivity contribution in [1.29, 1.82) is 0 Å². The largest absolute Gasteiger partial charge is 0.314 e. The van der Waals surface area contributed by atoms with Gasteiger partial charge in [0.2, 0.25) is 0 Å². The molecule has 1 fully saturated rings. The summed E-state index contributed by atoms with van der Waals surface area (Å²) < 4.78 is 29.3. The molecule has 25 heavy (non-hydrogen) atoms. The van der Waals surface area contributed by atoms with Gasteiger partial charge in [0.05, 0.1) is 6.04 Å². The third kappa shape index (κ3) is 4.71. The van der Waals surface area contributed by atoms with Gasteiger partial charge in [0.15, 0.2) is 11.3 Å². The van der Waals surface area contributed by atoms with Gasteiger partial charge in [-0.25, -0.2) is 4.98 Å². The maximum Gasteiger partial charge on any atom is 0.280 e. The van der Waals surface area contributed by atoms with Gasteiger partial charge in [0.25, 0.3) is 10.2 Å². The highest BCUT2D eigenvalue weighted by molar-refractivity contribution is 7.87. The smallest absolute Gasteiger partial charge is 0.280 e. The van der Waals surface area contributed by atoms with Crippen molar-refractivity contribution in [3.63, 3.8) is 0 Å². The van der Waals surface area contributed by atoms with Gasteiger partial charge in [0.1, 0.15) is 5.69 Å². The molecule has 133 valence electrons. The molecule has 1 saturated heterocycles. The fourth-order valence-electron chi connectivity index (χ4n) is 2.65. The Balaban J connectivity index is 1.81. The fraction of sp³-hybridized carbons (Fsp3) is 0.375. The minimum Gasteiger partial charge on any atom is -0.314 e. The van der Waals surface area contributed by atoms with Crippen molar-refractivity contribution in [2.75, 3.05) is 26.2 Å². The highest BCUT2D eigenvalue weighted by Gasteiger charge is 2.31. The number of Topliss-reactive ketones (excluding diaryl/α,β-unsaturated/α-hetero) is 1. The maximum atomic E-state index is 12.7. The Morgan fingerprint density at radius 3 is 2.68 bits per heavy atom. The summed E-state index contributed by atoms with van der Waals surface area (Å²) in [6, 6.07) is 8.42. The number of carbonyl (C=O) groups is 1. The zero-order valence-electron chi connectivity index (χ0n) is 13.5. The van der Waals surface area contributed by atoms with E-state index in [2.05, 4.69) is 20.5 Å². The van der Waals surface area contributed by atoms with E-state index in [1.54, 1.807) is 5.38 Å². The molecule has 3 rings (SSSR count).